The topological polar surface area (TPSA) is 59.9 Å². The second-order valence-corrected chi connectivity index (χ2v) is 4.42. The van der Waals surface area contributed by atoms with Gasteiger partial charge in [-0.3, -0.25) is 0 Å². The molecule has 2 aromatic heterocycles. The smallest absolute Gasteiger partial charge is 0.218 e. The molecule has 0 aliphatic heterocycles. The number of aryl methyl sites for hydroxylation is 1. The van der Waals surface area contributed by atoms with Crippen molar-refractivity contribution in [2.24, 2.45) is 0 Å². The summed E-state index contributed by atoms with van der Waals surface area (Å²) >= 11 is 6.03. The molecule has 1 N–H and O–H groups in total. The Morgan fingerprint density at radius 2 is 2.11 bits per heavy atom. The molecule has 0 saturated carbocycles. The fraction of sp³-hybridized carbons (Fsp3) is 0.308. The van der Waals surface area contributed by atoms with Crippen molar-refractivity contribution in [3.8, 4) is 5.88 Å². The third-order valence-corrected chi connectivity index (χ3v) is 3.06. The Kier molecular flexibility index (Phi) is 4.16. The van der Waals surface area contributed by atoms with Gasteiger partial charge in [-0.25, -0.2) is 15.0 Å². The van der Waals surface area contributed by atoms with Crippen LogP contribution in [0.4, 0.5) is 5.82 Å². The van der Waals surface area contributed by atoms with E-state index in [1.165, 1.54) is 0 Å². The zero-order valence-electron chi connectivity index (χ0n) is 11.1. The summed E-state index contributed by atoms with van der Waals surface area (Å²) in [4.78, 5) is 12.6. The number of hydrogen-bond donors (Lipinski definition) is 1. The van der Waals surface area contributed by atoms with Crippen molar-refractivity contribution in [3.63, 3.8) is 0 Å². The van der Waals surface area contributed by atoms with Crippen LogP contribution in [-0.2, 0) is 6.54 Å². The molecule has 0 aromatic carbocycles. The zero-order valence-corrected chi connectivity index (χ0v) is 11.8. The number of nitrogens with one attached hydrogen (secondary N) is 1. The van der Waals surface area contributed by atoms with Crippen LogP contribution < -0.4 is 10.1 Å². The lowest BCUT2D eigenvalue weighted by atomic mass is 10.2. The van der Waals surface area contributed by atoms with Crippen LogP contribution in [0.3, 0.4) is 0 Å². The predicted octanol–water partition coefficient (Wildman–Crippen LogP) is 2.76. The molecule has 0 spiro atoms. The Labute approximate surface area is 117 Å². The van der Waals surface area contributed by atoms with Gasteiger partial charge in [0.2, 0.25) is 5.88 Å². The van der Waals surface area contributed by atoms with Crippen LogP contribution in [0, 0.1) is 13.8 Å². The van der Waals surface area contributed by atoms with Gasteiger partial charge < -0.3 is 10.1 Å². The third kappa shape index (κ3) is 3.12. The third-order valence-electron chi connectivity index (χ3n) is 2.69. The minimum absolute atomic E-state index is 0.466. The standard InChI is InChI=1S/C13H15ClN4O/c1-8-11(14)17-9(2)18-12(8)16-7-10-5-4-6-15-13(10)19-3/h4-6H,7H2,1-3H3,(H,16,17,18). The molecular formula is C13H15ClN4O. The number of methoxy groups -OCH3 is 1. The molecular weight excluding hydrogens is 264 g/mol. The quantitative estimate of drug-likeness (QED) is 0.872. The number of nitrogens with zero attached hydrogens (tertiary/aromatic N) is 3. The molecule has 2 heterocycles. The Hall–Kier alpha value is -1.88. The Balaban J connectivity index is 2.19. The van der Waals surface area contributed by atoms with Crippen molar-refractivity contribution in [1.29, 1.82) is 0 Å². The molecule has 2 aromatic rings. The first-order valence-corrected chi connectivity index (χ1v) is 6.22. The lowest BCUT2D eigenvalue weighted by Crippen LogP contribution is -2.07. The molecule has 100 valence electrons. The van der Waals surface area contributed by atoms with E-state index < -0.39 is 0 Å². The molecule has 0 saturated heterocycles. The van der Waals surface area contributed by atoms with E-state index in [4.69, 9.17) is 16.3 Å². The van der Waals surface area contributed by atoms with Crippen LogP contribution in [0.5, 0.6) is 5.88 Å². The summed E-state index contributed by atoms with van der Waals surface area (Å²) in [7, 11) is 1.60. The molecule has 19 heavy (non-hydrogen) atoms. The van der Waals surface area contributed by atoms with Gasteiger partial charge in [0, 0.05) is 23.9 Å². The Morgan fingerprint density at radius 3 is 2.84 bits per heavy atom. The lowest BCUT2D eigenvalue weighted by Gasteiger charge is -2.11. The molecule has 6 heteroatoms. The molecule has 0 bridgehead atoms. The van der Waals surface area contributed by atoms with Gasteiger partial charge in [-0.05, 0) is 19.9 Å². The molecule has 0 unspecified atom stereocenters. The van der Waals surface area contributed by atoms with Crippen molar-refractivity contribution in [3.05, 3.63) is 40.4 Å². The summed E-state index contributed by atoms with van der Waals surface area (Å²) in [5, 5.41) is 3.70. The largest absolute Gasteiger partial charge is 0.481 e. The van der Waals surface area contributed by atoms with Crippen LogP contribution in [0.25, 0.3) is 0 Å². The summed E-state index contributed by atoms with van der Waals surface area (Å²) < 4.78 is 5.20. The molecule has 0 atom stereocenters. The highest BCUT2D eigenvalue weighted by molar-refractivity contribution is 6.30. The van der Waals surface area contributed by atoms with E-state index in [0.29, 0.717) is 23.4 Å². The van der Waals surface area contributed by atoms with Crippen molar-refractivity contribution in [2.45, 2.75) is 20.4 Å². The second-order valence-electron chi connectivity index (χ2n) is 4.06. The summed E-state index contributed by atoms with van der Waals surface area (Å²) in [5.74, 6) is 1.96. The normalized spacial score (nSPS) is 10.3. The van der Waals surface area contributed by atoms with Gasteiger partial charge in [0.15, 0.2) is 0 Å². The number of hydrogen-bond acceptors (Lipinski definition) is 5. The minimum atomic E-state index is 0.466. The molecule has 2 rings (SSSR count). The van der Waals surface area contributed by atoms with E-state index in [1.54, 1.807) is 20.2 Å². The summed E-state index contributed by atoms with van der Waals surface area (Å²) in [6, 6.07) is 3.81. The van der Waals surface area contributed by atoms with E-state index in [-0.39, 0.29) is 0 Å². The number of ether oxygens (including phenoxy) is 1. The van der Waals surface area contributed by atoms with Gasteiger partial charge in [-0.2, -0.15) is 0 Å². The van der Waals surface area contributed by atoms with Crippen LogP contribution in [0.2, 0.25) is 5.15 Å². The van der Waals surface area contributed by atoms with Gasteiger partial charge in [0.05, 0.1) is 7.11 Å². The minimum Gasteiger partial charge on any atom is -0.481 e. The Morgan fingerprint density at radius 1 is 1.32 bits per heavy atom. The highest BCUT2D eigenvalue weighted by Crippen LogP contribution is 2.21. The first-order valence-electron chi connectivity index (χ1n) is 5.84. The first-order chi connectivity index (χ1) is 9.11. The summed E-state index contributed by atoms with van der Waals surface area (Å²) in [5.41, 5.74) is 1.78. The summed E-state index contributed by atoms with van der Waals surface area (Å²) in [6.07, 6.45) is 1.69. The molecule has 0 fully saturated rings. The van der Waals surface area contributed by atoms with Gasteiger partial charge >= 0.3 is 0 Å². The number of halogens is 1. The average molecular weight is 279 g/mol. The number of pyridine rings is 1. The highest BCUT2D eigenvalue weighted by atomic mass is 35.5. The van der Waals surface area contributed by atoms with Crippen molar-refractivity contribution >= 4 is 17.4 Å². The second kappa shape index (κ2) is 5.84. The lowest BCUT2D eigenvalue weighted by molar-refractivity contribution is 0.393. The average Bonchev–Trinajstić information content (AvgIpc) is 2.41. The summed E-state index contributed by atoms with van der Waals surface area (Å²) in [6.45, 7) is 4.25. The number of anilines is 1. The zero-order chi connectivity index (χ0) is 13.8. The van der Waals surface area contributed by atoms with Gasteiger partial charge in [0.25, 0.3) is 0 Å². The van der Waals surface area contributed by atoms with Gasteiger partial charge in [-0.1, -0.05) is 17.7 Å². The fourth-order valence-corrected chi connectivity index (χ4v) is 1.90. The Bertz CT molecular complexity index is 589. The first kappa shape index (κ1) is 13.5. The molecule has 0 aliphatic rings. The van der Waals surface area contributed by atoms with Crippen molar-refractivity contribution in [1.82, 2.24) is 15.0 Å². The number of rotatable bonds is 4. The molecule has 0 amide bonds. The SMILES string of the molecule is COc1ncccc1CNc1nc(C)nc(Cl)c1C. The highest BCUT2D eigenvalue weighted by Gasteiger charge is 2.08. The van der Waals surface area contributed by atoms with E-state index in [1.807, 2.05) is 19.1 Å². The maximum atomic E-state index is 6.03. The fourth-order valence-electron chi connectivity index (χ4n) is 1.69. The van der Waals surface area contributed by atoms with Crippen molar-refractivity contribution < 1.29 is 4.74 Å². The van der Waals surface area contributed by atoms with Gasteiger partial charge in [-0.15, -0.1) is 0 Å². The molecule has 0 aliphatic carbocycles. The van der Waals surface area contributed by atoms with Gasteiger partial charge in [0.1, 0.15) is 16.8 Å². The van der Waals surface area contributed by atoms with Crippen LogP contribution in [0.15, 0.2) is 18.3 Å². The maximum Gasteiger partial charge on any atom is 0.218 e. The van der Waals surface area contributed by atoms with E-state index in [0.717, 1.165) is 16.9 Å². The van der Waals surface area contributed by atoms with E-state index in [9.17, 15) is 0 Å². The van der Waals surface area contributed by atoms with E-state index >= 15 is 0 Å². The van der Waals surface area contributed by atoms with Crippen molar-refractivity contribution in [2.75, 3.05) is 12.4 Å². The number of aromatic nitrogens is 3. The maximum absolute atomic E-state index is 6.03. The van der Waals surface area contributed by atoms with Crippen LogP contribution >= 0.6 is 11.6 Å². The van der Waals surface area contributed by atoms with E-state index in [2.05, 4.69) is 20.3 Å². The van der Waals surface area contributed by atoms with Crippen LogP contribution in [-0.4, -0.2) is 22.1 Å². The van der Waals surface area contributed by atoms with Crippen LogP contribution in [0.1, 0.15) is 17.0 Å². The monoisotopic (exact) mass is 278 g/mol. The predicted molar refractivity (Wildman–Crippen MR) is 74.6 cm³/mol. The molecule has 0 radical (unpaired) electrons. The molecule has 5 nitrogen and oxygen atoms in total.